The second-order valence-corrected chi connectivity index (χ2v) is 4.88. The van der Waals surface area contributed by atoms with E-state index in [0.717, 1.165) is 0 Å². The van der Waals surface area contributed by atoms with E-state index in [2.05, 4.69) is 10.3 Å². The largest absolute Gasteiger partial charge is 0.506 e. The Hall–Kier alpha value is -1.49. The first-order chi connectivity index (χ1) is 8.95. The minimum atomic E-state index is -0.460. The van der Waals surface area contributed by atoms with Gasteiger partial charge in [0.15, 0.2) is 5.15 Å². The first-order valence-corrected chi connectivity index (χ1v) is 6.21. The molecule has 0 radical (unpaired) electrons. The number of rotatable bonds is 2. The summed E-state index contributed by atoms with van der Waals surface area (Å²) in [5.41, 5.74) is 0.472. The summed E-state index contributed by atoms with van der Waals surface area (Å²) >= 11 is 17.4. The molecule has 0 saturated heterocycles. The zero-order chi connectivity index (χ0) is 14.0. The number of carbonyl (C=O) groups excluding carboxylic acids is 1. The Morgan fingerprint density at radius 2 is 1.74 bits per heavy atom. The molecule has 2 N–H and O–H groups in total. The zero-order valence-corrected chi connectivity index (χ0v) is 11.6. The molecule has 7 heteroatoms. The maximum absolute atomic E-state index is 12.0. The summed E-state index contributed by atoms with van der Waals surface area (Å²) in [5.74, 6) is -0.567. The van der Waals surface area contributed by atoms with Crippen LogP contribution in [0.5, 0.6) is 5.75 Å². The lowest BCUT2D eigenvalue weighted by atomic mass is 10.2. The van der Waals surface area contributed by atoms with Crippen LogP contribution < -0.4 is 5.32 Å². The Morgan fingerprint density at radius 3 is 2.37 bits per heavy atom. The quantitative estimate of drug-likeness (QED) is 0.823. The van der Waals surface area contributed by atoms with Crippen molar-refractivity contribution < 1.29 is 9.90 Å². The number of carbonyl (C=O) groups is 1. The third kappa shape index (κ3) is 3.50. The molecule has 0 atom stereocenters. The second-order valence-electron chi connectivity index (χ2n) is 3.64. The Balaban J connectivity index is 2.28. The highest BCUT2D eigenvalue weighted by molar-refractivity contribution is 6.35. The van der Waals surface area contributed by atoms with Crippen molar-refractivity contribution in [2.75, 3.05) is 5.32 Å². The molecule has 2 aromatic rings. The molecule has 1 aromatic carbocycles. The van der Waals surface area contributed by atoms with E-state index in [0.29, 0.717) is 10.0 Å². The standard InChI is InChI=1S/C12H7Cl3N2O2/c13-7-1-6(2-8(14)3-7)12(19)17-10-4-9(18)5-16-11(10)15/h1-5,18H,(H,17,19). The molecule has 0 spiro atoms. The van der Waals surface area contributed by atoms with Gasteiger partial charge < -0.3 is 10.4 Å². The minimum absolute atomic E-state index is 0.0688. The first kappa shape index (κ1) is 13.9. The normalized spacial score (nSPS) is 10.3. The zero-order valence-electron chi connectivity index (χ0n) is 9.32. The molecule has 98 valence electrons. The monoisotopic (exact) mass is 316 g/mol. The molecule has 0 saturated carbocycles. The Morgan fingerprint density at radius 1 is 1.11 bits per heavy atom. The van der Waals surface area contributed by atoms with Crippen LogP contribution in [0.3, 0.4) is 0 Å². The summed E-state index contributed by atoms with van der Waals surface area (Å²) in [7, 11) is 0. The molecule has 0 aliphatic carbocycles. The van der Waals surface area contributed by atoms with Gasteiger partial charge in [0, 0.05) is 21.7 Å². The Bertz CT molecular complexity index is 627. The van der Waals surface area contributed by atoms with Crippen LogP contribution in [0.25, 0.3) is 0 Å². The smallest absolute Gasteiger partial charge is 0.255 e. The molecule has 1 aromatic heterocycles. The van der Waals surface area contributed by atoms with Gasteiger partial charge >= 0.3 is 0 Å². The van der Waals surface area contributed by atoms with Crippen LogP contribution in [0.1, 0.15) is 10.4 Å². The molecule has 2 rings (SSSR count). The molecule has 1 heterocycles. The van der Waals surface area contributed by atoms with Gasteiger partial charge in [0.2, 0.25) is 0 Å². The van der Waals surface area contributed by atoms with Crippen LogP contribution in [-0.4, -0.2) is 16.0 Å². The van der Waals surface area contributed by atoms with Crippen molar-refractivity contribution in [1.29, 1.82) is 0 Å². The van der Waals surface area contributed by atoms with Gasteiger partial charge in [0.1, 0.15) is 5.75 Å². The van der Waals surface area contributed by atoms with Gasteiger partial charge in [-0.25, -0.2) is 4.98 Å². The van der Waals surface area contributed by atoms with Gasteiger partial charge in [0.25, 0.3) is 5.91 Å². The number of benzene rings is 1. The summed E-state index contributed by atoms with van der Waals surface area (Å²) in [4.78, 5) is 15.7. The maximum atomic E-state index is 12.0. The number of anilines is 1. The molecule has 19 heavy (non-hydrogen) atoms. The van der Waals surface area contributed by atoms with Gasteiger partial charge in [0.05, 0.1) is 11.9 Å². The number of amides is 1. The summed E-state index contributed by atoms with van der Waals surface area (Å²) in [6.07, 6.45) is 1.17. The molecular formula is C12H7Cl3N2O2. The summed E-state index contributed by atoms with van der Waals surface area (Å²) < 4.78 is 0. The van der Waals surface area contributed by atoms with Crippen molar-refractivity contribution in [1.82, 2.24) is 4.98 Å². The average Bonchev–Trinajstić information content (AvgIpc) is 2.32. The number of pyridine rings is 1. The van der Waals surface area contributed by atoms with Gasteiger partial charge in [-0.15, -0.1) is 0 Å². The highest BCUT2D eigenvalue weighted by Crippen LogP contribution is 2.25. The summed E-state index contributed by atoms with van der Waals surface area (Å²) in [6.45, 7) is 0. The summed E-state index contributed by atoms with van der Waals surface area (Å²) in [6, 6.07) is 5.74. The fourth-order valence-corrected chi connectivity index (χ4v) is 2.08. The minimum Gasteiger partial charge on any atom is -0.506 e. The van der Waals surface area contributed by atoms with Crippen LogP contribution >= 0.6 is 34.8 Å². The fourth-order valence-electron chi connectivity index (χ4n) is 1.40. The Kier molecular flexibility index (Phi) is 4.14. The van der Waals surface area contributed by atoms with Crippen molar-refractivity contribution in [3.8, 4) is 5.75 Å². The number of aromatic hydroxyl groups is 1. The van der Waals surface area contributed by atoms with Crippen molar-refractivity contribution in [3.63, 3.8) is 0 Å². The molecule has 4 nitrogen and oxygen atoms in total. The lowest BCUT2D eigenvalue weighted by Gasteiger charge is -2.07. The van der Waals surface area contributed by atoms with Crippen molar-refractivity contribution >= 4 is 46.4 Å². The van der Waals surface area contributed by atoms with E-state index < -0.39 is 5.91 Å². The second kappa shape index (κ2) is 5.65. The third-order valence-electron chi connectivity index (χ3n) is 2.20. The van der Waals surface area contributed by atoms with Crippen LogP contribution in [0.2, 0.25) is 15.2 Å². The highest BCUT2D eigenvalue weighted by atomic mass is 35.5. The molecule has 0 aliphatic rings. The molecular weight excluding hydrogens is 311 g/mol. The van der Waals surface area contributed by atoms with Crippen LogP contribution in [0.15, 0.2) is 30.5 Å². The fraction of sp³-hybridized carbons (Fsp3) is 0. The van der Waals surface area contributed by atoms with Crippen molar-refractivity contribution in [2.45, 2.75) is 0 Å². The first-order valence-electron chi connectivity index (χ1n) is 5.07. The topological polar surface area (TPSA) is 62.2 Å². The van der Waals surface area contributed by atoms with Crippen LogP contribution in [0, 0.1) is 0 Å². The van der Waals surface area contributed by atoms with Crippen LogP contribution in [0.4, 0.5) is 5.69 Å². The number of halogens is 3. The van der Waals surface area contributed by atoms with Crippen LogP contribution in [-0.2, 0) is 0 Å². The van der Waals surface area contributed by atoms with Crippen molar-refractivity contribution in [3.05, 3.63) is 51.2 Å². The van der Waals surface area contributed by atoms with E-state index >= 15 is 0 Å². The van der Waals surface area contributed by atoms with E-state index in [9.17, 15) is 9.90 Å². The summed E-state index contributed by atoms with van der Waals surface area (Å²) in [5, 5.41) is 12.6. The van der Waals surface area contributed by atoms with E-state index in [1.165, 1.54) is 30.5 Å². The van der Waals surface area contributed by atoms with Gasteiger partial charge in [-0.05, 0) is 18.2 Å². The predicted molar refractivity (Wildman–Crippen MR) is 75.3 cm³/mol. The predicted octanol–water partition coefficient (Wildman–Crippen LogP) is 4.00. The van der Waals surface area contributed by atoms with Crippen molar-refractivity contribution in [2.24, 2.45) is 0 Å². The molecule has 0 bridgehead atoms. The van der Waals surface area contributed by atoms with Gasteiger partial charge in [-0.3, -0.25) is 4.79 Å². The van der Waals surface area contributed by atoms with E-state index in [1.807, 2.05) is 0 Å². The van der Waals surface area contributed by atoms with Gasteiger partial charge in [-0.1, -0.05) is 34.8 Å². The Labute approximate surface area is 123 Å². The molecule has 0 aliphatic heterocycles. The maximum Gasteiger partial charge on any atom is 0.255 e. The third-order valence-corrected chi connectivity index (χ3v) is 2.94. The lowest BCUT2D eigenvalue weighted by molar-refractivity contribution is 0.102. The SMILES string of the molecule is O=C(Nc1cc(O)cnc1Cl)c1cc(Cl)cc(Cl)c1. The van der Waals surface area contributed by atoms with E-state index in [4.69, 9.17) is 34.8 Å². The number of nitrogens with one attached hydrogen (secondary N) is 1. The molecule has 0 unspecified atom stereocenters. The van der Waals surface area contributed by atoms with Gasteiger partial charge in [-0.2, -0.15) is 0 Å². The van der Waals surface area contributed by atoms with E-state index in [1.54, 1.807) is 0 Å². The molecule has 1 amide bonds. The number of hydrogen-bond donors (Lipinski definition) is 2. The number of hydrogen-bond acceptors (Lipinski definition) is 3. The molecule has 0 fully saturated rings. The lowest BCUT2D eigenvalue weighted by Crippen LogP contribution is -2.12. The number of aromatic nitrogens is 1. The van der Waals surface area contributed by atoms with E-state index in [-0.39, 0.29) is 22.2 Å². The highest BCUT2D eigenvalue weighted by Gasteiger charge is 2.11. The average molecular weight is 318 g/mol. The number of nitrogens with zero attached hydrogens (tertiary/aromatic N) is 1.